The Morgan fingerprint density at radius 1 is 1.39 bits per heavy atom. The van der Waals surface area contributed by atoms with Gasteiger partial charge in [0.1, 0.15) is 0 Å². The minimum absolute atomic E-state index is 0.172. The van der Waals surface area contributed by atoms with Gasteiger partial charge in [0.2, 0.25) is 10.0 Å². The number of carbonyl (C=O) groups excluding carboxylic acids is 1. The number of amides is 1. The molecule has 0 saturated carbocycles. The van der Waals surface area contributed by atoms with Gasteiger partial charge in [0.15, 0.2) is 0 Å². The number of benzene rings is 1. The maximum absolute atomic E-state index is 12.0. The third kappa shape index (κ3) is 4.64. The van der Waals surface area contributed by atoms with Crippen molar-refractivity contribution in [2.24, 2.45) is 0 Å². The molecule has 0 radical (unpaired) electrons. The third-order valence-electron chi connectivity index (χ3n) is 2.26. The van der Waals surface area contributed by atoms with E-state index in [-0.39, 0.29) is 19.0 Å². The first-order valence-corrected chi connectivity index (χ1v) is 7.53. The zero-order valence-electron chi connectivity index (χ0n) is 10.2. The van der Waals surface area contributed by atoms with E-state index in [1.807, 2.05) is 0 Å². The van der Waals surface area contributed by atoms with Gasteiger partial charge in [-0.05, 0) is 12.1 Å². The minimum atomic E-state index is -3.23. The largest absolute Gasteiger partial charge is 0.340 e. The molecule has 0 heterocycles. The van der Waals surface area contributed by atoms with Crippen LogP contribution < -0.4 is 4.72 Å². The van der Waals surface area contributed by atoms with Crippen molar-refractivity contribution in [3.05, 3.63) is 34.9 Å². The lowest BCUT2D eigenvalue weighted by molar-refractivity contribution is 0.0798. The van der Waals surface area contributed by atoms with E-state index in [4.69, 9.17) is 11.6 Å². The summed E-state index contributed by atoms with van der Waals surface area (Å²) in [6, 6.07) is 6.73. The van der Waals surface area contributed by atoms with E-state index in [1.165, 1.54) is 4.90 Å². The predicted molar refractivity (Wildman–Crippen MR) is 71.3 cm³/mol. The first kappa shape index (κ1) is 14.9. The lowest BCUT2D eigenvalue weighted by Crippen LogP contribution is -2.35. The molecule has 0 unspecified atom stereocenters. The summed E-state index contributed by atoms with van der Waals surface area (Å²) in [4.78, 5) is 13.4. The van der Waals surface area contributed by atoms with Gasteiger partial charge in [0.05, 0.1) is 16.8 Å². The molecule has 100 valence electrons. The maximum atomic E-state index is 12.0. The van der Waals surface area contributed by atoms with Gasteiger partial charge in [-0.25, -0.2) is 13.1 Å². The van der Waals surface area contributed by atoms with E-state index in [1.54, 1.807) is 31.3 Å². The molecule has 7 heteroatoms. The van der Waals surface area contributed by atoms with Gasteiger partial charge in [-0.15, -0.1) is 0 Å². The molecule has 0 spiro atoms. The molecule has 0 aromatic heterocycles. The fourth-order valence-electron chi connectivity index (χ4n) is 1.34. The van der Waals surface area contributed by atoms with Crippen molar-refractivity contribution < 1.29 is 13.2 Å². The van der Waals surface area contributed by atoms with Crippen molar-refractivity contribution in [3.63, 3.8) is 0 Å². The Labute approximate surface area is 112 Å². The van der Waals surface area contributed by atoms with Crippen molar-refractivity contribution in [1.29, 1.82) is 0 Å². The summed E-state index contributed by atoms with van der Waals surface area (Å²) in [5, 5.41) is 0.380. The Morgan fingerprint density at radius 3 is 2.56 bits per heavy atom. The van der Waals surface area contributed by atoms with E-state index in [2.05, 4.69) is 4.72 Å². The number of nitrogens with one attached hydrogen (secondary N) is 1. The predicted octanol–water partition coefficient (Wildman–Crippen LogP) is 0.961. The Kier molecular flexibility index (Phi) is 5.13. The SMILES string of the molecule is CN(CCNS(C)(=O)=O)C(=O)c1ccccc1Cl. The number of likely N-dealkylation sites (N-methyl/N-ethyl adjacent to an activating group) is 1. The number of hydrogen-bond donors (Lipinski definition) is 1. The second-order valence-electron chi connectivity index (χ2n) is 3.87. The Bertz CT molecular complexity index is 531. The lowest BCUT2D eigenvalue weighted by Gasteiger charge is -2.17. The van der Waals surface area contributed by atoms with Crippen LogP contribution in [-0.2, 0) is 10.0 Å². The molecule has 0 fully saturated rings. The van der Waals surface area contributed by atoms with Crippen LogP contribution in [0.2, 0.25) is 5.02 Å². The molecular formula is C11H15ClN2O3S. The second kappa shape index (κ2) is 6.17. The van der Waals surface area contributed by atoms with Gasteiger partial charge < -0.3 is 4.90 Å². The van der Waals surface area contributed by atoms with Crippen molar-refractivity contribution in [1.82, 2.24) is 9.62 Å². The Morgan fingerprint density at radius 2 is 2.00 bits per heavy atom. The van der Waals surface area contributed by atoms with Crippen LogP contribution in [0.3, 0.4) is 0 Å². The van der Waals surface area contributed by atoms with E-state index < -0.39 is 10.0 Å². The van der Waals surface area contributed by atoms with Crippen LogP contribution in [0.4, 0.5) is 0 Å². The van der Waals surface area contributed by atoms with Crippen LogP contribution in [0, 0.1) is 0 Å². The van der Waals surface area contributed by atoms with E-state index in [9.17, 15) is 13.2 Å². The van der Waals surface area contributed by atoms with Crippen LogP contribution in [0.15, 0.2) is 24.3 Å². The van der Waals surface area contributed by atoms with Crippen LogP contribution in [0.25, 0.3) is 0 Å². The topological polar surface area (TPSA) is 66.5 Å². The Hall–Kier alpha value is -1.11. The maximum Gasteiger partial charge on any atom is 0.255 e. The van der Waals surface area contributed by atoms with Gasteiger partial charge in [0.25, 0.3) is 5.91 Å². The summed E-state index contributed by atoms with van der Waals surface area (Å²) in [5.41, 5.74) is 0.404. The molecule has 1 aromatic carbocycles. The number of sulfonamides is 1. The second-order valence-corrected chi connectivity index (χ2v) is 6.11. The van der Waals surface area contributed by atoms with Gasteiger partial charge in [0, 0.05) is 20.1 Å². The summed E-state index contributed by atoms with van der Waals surface area (Å²) in [6.45, 7) is 0.447. The van der Waals surface area contributed by atoms with Crippen molar-refractivity contribution in [2.75, 3.05) is 26.4 Å². The third-order valence-corrected chi connectivity index (χ3v) is 3.32. The lowest BCUT2D eigenvalue weighted by atomic mass is 10.2. The number of rotatable bonds is 5. The highest BCUT2D eigenvalue weighted by Crippen LogP contribution is 2.16. The van der Waals surface area contributed by atoms with Crippen molar-refractivity contribution in [3.8, 4) is 0 Å². The molecule has 1 aromatic rings. The molecule has 18 heavy (non-hydrogen) atoms. The fourth-order valence-corrected chi connectivity index (χ4v) is 2.02. The minimum Gasteiger partial charge on any atom is -0.340 e. The van der Waals surface area contributed by atoms with Gasteiger partial charge in [-0.1, -0.05) is 23.7 Å². The average Bonchev–Trinajstić information content (AvgIpc) is 2.27. The zero-order chi connectivity index (χ0) is 13.8. The van der Waals surface area contributed by atoms with Gasteiger partial charge in [-0.2, -0.15) is 0 Å². The zero-order valence-corrected chi connectivity index (χ0v) is 11.8. The van der Waals surface area contributed by atoms with Gasteiger partial charge >= 0.3 is 0 Å². The number of hydrogen-bond acceptors (Lipinski definition) is 3. The van der Waals surface area contributed by atoms with Crippen LogP contribution >= 0.6 is 11.6 Å². The molecule has 1 N–H and O–H groups in total. The van der Waals surface area contributed by atoms with Crippen LogP contribution in [0.1, 0.15) is 10.4 Å². The summed E-state index contributed by atoms with van der Waals surface area (Å²) < 4.78 is 24.1. The smallest absolute Gasteiger partial charge is 0.255 e. The van der Waals surface area contributed by atoms with Gasteiger partial charge in [-0.3, -0.25) is 4.79 Å². The molecule has 5 nitrogen and oxygen atoms in total. The molecular weight excluding hydrogens is 276 g/mol. The normalized spacial score (nSPS) is 11.3. The fraction of sp³-hybridized carbons (Fsp3) is 0.364. The van der Waals surface area contributed by atoms with E-state index in [0.29, 0.717) is 10.6 Å². The van der Waals surface area contributed by atoms with Crippen LogP contribution in [0.5, 0.6) is 0 Å². The molecule has 1 amide bonds. The number of nitrogens with zero attached hydrogens (tertiary/aromatic N) is 1. The molecule has 0 aliphatic heterocycles. The highest BCUT2D eigenvalue weighted by atomic mass is 35.5. The molecule has 0 atom stereocenters. The first-order chi connectivity index (χ1) is 8.31. The van der Waals surface area contributed by atoms with E-state index in [0.717, 1.165) is 6.26 Å². The summed E-state index contributed by atoms with van der Waals surface area (Å²) in [6.07, 6.45) is 1.07. The average molecular weight is 291 g/mol. The van der Waals surface area contributed by atoms with Crippen molar-refractivity contribution in [2.45, 2.75) is 0 Å². The Balaban J connectivity index is 2.60. The standard InChI is InChI=1S/C11H15ClN2O3S/c1-14(8-7-13-18(2,16)17)11(15)9-5-3-4-6-10(9)12/h3-6,13H,7-8H2,1-2H3. The molecule has 0 bridgehead atoms. The molecule has 0 aliphatic rings. The highest BCUT2D eigenvalue weighted by Gasteiger charge is 2.14. The summed E-state index contributed by atoms with van der Waals surface area (Å²) >= 11 is 5.91. The number of carbonyl (C=O) groups is 1. The molecule has 0 aliphatic carbocycles. The van der Waals surface area contributed by atoms with Crippen molar-refractivity contribution >= 4 is 27.5 Å². The monoisotopic (exact) mass is 290 g/mol. The quantitative estimate of drug-likeness (QED) is 0.878. The molecule has 0 saturated heterocycles. The van der Waals surface area contributed by atoms with E-state index >= 15 is 0 Å². The van der Waals surface area contributed by atoms with Crippen LogP contribution in [-0.4, -0.2) is 45.6 Å². The first-order valence-electron chi connectivity index (χ1n) is 5.26. The molecule has 1 rings (SSSR count). The number of halogens is 1. The highest BCUT2D eigenvalue weighted by molar-refractivity contribution is 7.88. The summed E-state index contributed by atoms with van der Waals surface area (Å²) in [7, 11) is -1.64. The summed E-state index contributed by atoms with van der Waals surface area (Å²) in [5.74, 6) is -0.240.